The molecule has 12 heteroatoms. The van der Waals surface area contributed by atoms with Crippen molar-refractivity contribution >= 4 is 40.4 Å². The van der Waals surface area contributed by atoms with Crippen molar-refractivity contribution in [3.63, 3.8) is 0 Å². The molecular weight excluding hydrogens is 583 g/mol. The quantitative estimate of drug-likeness (QED) is 0.385. The largest absolute Gasteiger partial charge is 0.391 e. The third-order valence-corrected chi connectivity index (χ3v) is 10.5. The van der Waals surface area contributed by atoms with Gasteiger partial charge in [-0.05, 0) is 49.3 Å². The summed E-state index contributed by atoms with van der Waals surface area (Å²) >= 11 is 1.42. The van der Waals surface area contributed by atoms with E-state index in [1.807, 2.05) is 21.9 Å². The normalized spacial score (nSPS) is 23.3. The van der Waals surface area contributed by atoms with Crippen LogP contribution >= 0.6 is 11.8 Å². The molecule has 10 nitrogen and oxygen atoms in total. The van der Waals surface area contributed by atoms with Gasteiger partial charge in [0.05, 0.1) is 22.6 Å². The summed E-state index contributed by atoms with van der Waals surface area (Å²) in [6.45, 7) is 8.76. The van der Waals surface area contributed by atoms with Crippen LogP contribution in [0.25, 0.3) is 11.2 Å². The lowest BCUT2D eigenvalue weighted by Crippen LogP contribution is -2.42. The third kappa shape index (κ3) is 6.10. The number of hydrogen-bond acceptors (Lipinski definition) is 7. The number of carbonyl (C=O) groups excluding carboxylic acids is 2. The van der Waals surface area contributed by atoms with E-state index < -0.39 is 16.7 Å². The van der Waals surface area contributed by atoms with E-state index in [1.165, 1.54) is 17.8 Å². The highest BCUT2D eigenvalue weighted by molar-refractivity contribution is 8.01. The highest BCUT2D eigenvalue weighted by atomic mass is 32.2. The number of nitrogens with zero attached hydrogens (tertiary/aromatic N) is 5. The molecule has 0 radical (unpaired) electrons. The molecule has 2 aromatic heterocycles. The van der Waals surface area contributed by atoms with Gasteiger partial charge in [-0.2, -0.15) is 0 Å². The Kier molecular flexibility index (Phi) is 8.49. The van der Waals surface area contributed by atoms with Crippen molar-refractivity contribution in [2.75, 3.05) is 37.6 Å². The zero-order valence-electron chi connectivity index (χ0n) is 25.5. The first kappa shape index (κ1) is 30.6. The van der Waals surface area contributed by atoms with Crippen LogP contribution in [0.5, 0.6) is 0 Å². The summed E-state index contributed by atoms with van der Waals surface area (Å²) in [5, 5.41) is 9.17. The van der Waals surface area contributed by atoms with Crippen molar-refractivity contribution in [3.8, 4) is 0 Å². The molecule has 3 atom stereocenters. The Balaban J connectivity index is 0.00000200. The van der Waals surface area contributed by atoms with E-state index in [2.05, 4.69) is 30.7 Å². The fraction of sp³-hybridized carbons (Fsp3) is 0.562. The fourth-order valence-corrected chi connectivity index (χ4v) is 8.13. The van der Waals surface area contributed by atoms with Gasteiger partial charge in [-0.1, -0.05) is 32.9 Å². The molecule has 5 heterocycles. The Bertz CT molecular complexity index is 1610. The van der Waals surface area contributed by atoms with Crippen LogP contribution in [0.3, 0.4) is 0 Å². The maximum absolute atomic E-state index is 15.4. The summed E-state index contributed by atoms with van der Waals surface area (Å²) in [6, 6.07) is 8.61. The highest BCUT2D eigenvalue weighted by Gasteiger charge is 2.44. The van der Waals surface area contributed by atoms with Crippen molar-refractivity contribution in [1.29, 1.82) is 0 Å². The van der Waals surface area contributed by atoms with E-state index in [0.29, 0.717) is 68.9 Å². The third-order valence-electron chi connectivity index (χ3n) is 9.03. The number of halogens is 1. The van der Waals surface area contributed by atoms with E-state index in [4.69, 9.17) is 0 Å². The van der Waals surface area contributed by atoms with E-state index >= 15 is 4.39 Å². The minimum atomic E-state index is -0.576. The van der Waals surface area contributed by atoms with Crippen molar-refractivity contribution < 1.29 is 23.4 Å². The number of H-pyrrole nitrogens is 1. The van der Waals surface area contributed by atoms with E-state index in [9.17, 15) is 19.5 Å². The number of thioether (sulfide) groups is 1. The number of carbonyl (C=O) groups is 2. The molecule has 242 valence electrons. The van der Waals surface area contributed by atoms with Crippen LogP contribution in [0.1, 0.15) is 74.1 Å². The van der Waals surface area contributed by atoms with Gasteiger partial charge in [0.1, 0.15) is 11.2 Å². The number of benzene rings is 1. The molecule has 2 N–H and O–H groups in total. The van der Waals surface area contributed by atoms with Gasteiger partial charge < -0.3 is 19.8 Å². The predicted octanol–water partition coefficient (Wildman–Crippen LogP) is 4.81. The Morgan fingerprint density at radius 2 is 1.91 bits per heavy atom. The number of β-amino-alcohol motifs (C(OH)–C–C–N with tert-alkyl or cyclic N) is 1. The summed E-state index contributed by atoms with van der Waals surface area (Å²) < 4.78 is 17.1. The van der Waals surface area contributed by atoms with Crippen molar-refractivity contribution in [3.05, 3.63) is 58.4 Å². The monoisotopic (exact) mass is 630 g/mol. The molecule has 3 aliphatic rings. The smallest absolute Gasteiger partial charge is 0.327 e. The Morgan fingerprint density at radius 1 is 1.14 bits per heavy atom. The number of fused-ring (bicyclic) bond motifs is 1. The fourth-order valence-electron chi connectivity index (χ4n) is 6.64. The van der Waals surface area contributed by atoms with Crippen LogP contribution in [0.2, 0.25) is 0 Å². The van der Waals surface area contributed by atoms with Gasteiger partial charge in [0, 0.05) is 61.2 Å². The average Bonchev–Trinajstić information content (AvgIpc) is 3.65. The minimum Gasteiger partial charge on any atom is -0.391 e. The van der Waals surface area contributed by atoms with Crippen molar-refractivity contribution in [2.45, 2.75) is 75.6 Å². The number of hydrogen-bond donors (Lipinski definition) is 2. The predicted molar refractivity (Wildman–Crippen MR) is 175 cm³/mol. The Hall–Kier alpha value is -3.38. The number of aromatic amines is 1. The lowest BCUT2D eigenvalue weighted by Gasteiger charge is -2.33. The number of para-hydroxylation sites is 1. The molecule has 2 amide bonds. The molecule has 3 aliphatic heterocycles. The number of aliphatic hydroxyl groups excluding tert-OH is 1. The molecule has 6 rings (SSSR count). The number of piperidine rings is 1. The van der Waals surface area contributed by atoms with Gasteiger partial charge in [-0.25, -0.2) is 14.2 Å². The second kappa shape index (κ2) is 12.2. The standard InChI is InChI=1S/C32H41FN6O4S.3H2/c1-32(2,3)12-17-38-29(42)25(44-30(38)22-6-4-7-23(33)27(22)37-16-11-21(40)19-37)18-26(41)36-14-9-20(10-15-36)39-24-8-5-13-34-28(24)35-31(39)43;;;/h4-8,13,20-21,25,30,40H,9-12,14-19H2,1-3H3,(H,34,35,43);3*1H/t21?,25-,30-;;;/m0.../s1. The van der Waals surface area contributed by atoms with Gasteiger partial charge >= 0.3 is 5.69 Å². The molecule has 0 saturated carbocycles. The summed E-state index contributed by atoms with van der Waals surface area (Å²) in [6.07, 6.45) is 3.80. The van der Waals surface area contributed by atoms with Crippen molar-refractivity contribution in [1.82, 2.24) is 24.3 Å². The zero-order valence-corrected chi connectivity index (χ0v) is 26.4. The SMILES string of the molecule is CC(C)(C)CCN1C(=O)[C@H](CC(=O)N2CCC(n3c(=O)[nH]c4ncccc43)CC2)S[C@H]1c1cccc(F)c1N1CCC(O)C1.[HH].[HH].[HH]. The maximum Gasteiger partial charge on any atom is 0.327 e. The topological polar surface area (TPSA) is 115 Å². The first-order chi connectivity index (χ1) is 21.0. The maximum atomic E-state index is 15.4. The minimum absolute atomic E-state index is 0. The molecule has 1 aromatic carbocycles. The molecule has 0 bridgehead atoms. The molecule has 1 unspecified atom stereocenters. The van der Waals surface area contributed by atoms with Crippen LogP contribution < -0.4 is 10.6 Å². The van der Waals surface area contributed by atoms with Crippen LogP contribution in [0.4, 0.5) is 10.1 Å². The first-order valence-corrected chi connectivity index (χ1v) is 16.4. The van der Waals surface area contributed by atoms with Crippen LogP contribution in [0.15, 0.2) is 41.3 Å². The number of aliphatic hydroxyl groups is 1. The molecular formula is C32H47FN6O4S. The van der Waals surface area contributed by atoms with Crippen molar-refractivity contribution in [2.24, 2.45) is 5.41 Å². The number of aromatic nitrogens is 3. The van der Waals surface area contributed by atoms with E-state index in [1.54, 1.807) is 27.8 Å². The zero-order chi connectivity index (χ0) is 31.2. The van der Waals surface area contributed by atoms with Gasteiger partial charge in [-0.15, -0.1) is 11.8 Å². The average molecular weight is 631 g/mol. The summed E-state index contributed by atoms with van der Waals surface area (Å²) in [5.41, 5.74) is 2.25. The summed E-state index contributed by atoms with van der Waals surface area (Å²) in [7, 11) is 0. The number of anilines is 1. The van der Waals surface area contributed by atoms with Gasteiger partial charge in [0.25, 0.3) is 0 Å². The van der Waals surface area contributed by atoms with Gasteiger partial charge in [0.2, 0.25) is 11.8 Å². The number of likely N-dealkylation sites (tertiary alicyclic amines) is 1. The summed E-state index contributed by atoms with van der Waals surface area (Å²) in [5.74, 6) is -0.546. The number of amides is 2. The van der Waals surface area contributed by atoms with Crippen LogP contribution in [-0.2, 0) is 9.59 Å². The Labute approximate surface area is 265 Å². The second-order valence-corrected chi connectivity index (χ2v) is 14.7. The number of rotatable bonds is 7. The van der Waals surface area contributed by atoms with E-state index in [-0.39, 0.29) is 45.5 Å². The molecule has 3 aromatic rings. The van der Waals surface area contributed by atoms with Gasteiger partial charge in [-0.3, -0.25) is 19.1 Å². The van der Waals surface area contributed by atoms with E-state index in [0.717, 1.165) is 11.9 Å². The summed E-state index contributed by atoms with van der Waals surface area (Å²) in [4.78, 5) is 52.7. The highest BCUT2D eigenvalue weighted by Crippen LogP contribution is 2.48. The number of imidazole rings is 1. The Morgan fingerprint density at radius 3 is 2.61 bits per heavy atom. The second-order valence-electron chi connectivity index (χ2n) is 13.4. The first-order valence-electron chi connectivity index (χ1n) is 15.5. The lowest BCUT2D eigenvalue weighted by molar-refractivity contribution is -0.136. The molecule has 44 heavy (non-hydrogen) atoms. The molecule has 0 aliphatic carbocycles. The van der Waals surface area contributed by atoms with Crippen LogP contribution in [0, 0.1) is 11.2 Å². The molecule has 3 fully saturated rings. The molecule has 0 spiro atoms. The van der Waals surface area contributed by atoms with Crippen LogP contribution in [-0.4, -0.2) is 85.3 Å². The van der Waals surface area contributed by atoms with Gasteiger partial charge in [0.15, 0.2) is 5.65 Å². The number of pyridine rings is 1. The lowest BCUT2D eigenvalue weighted by atomic mass is 9.92. The number of nitrogens with one attached hydrogen (secondary N) is 1. The molecule has 3 saturated heterocycles.